The Kier molecular flexibility index (Phi) is 7.87. The van der Waals surface area contributed by atoms with E-state index in [0.29, 0.717) is 12.5 Å². The van der Waals surface area contributed by atoms with Crippen molar-refractivity contribution in [2.45, 2.75) is 26.7 Å². The lowest BCUT2D eigenvalue weighted by Gasteiger charge is -2.10. The summed E-state index contributed by atoms with van der Waals surface area (Å²) in [7, 11) is 0. The first-order valence-electron chi connectivity index (χ1n) is 6.45. The molecule has 0 saturated heterocycles. The van der Waals surface area contributed by atoms with Crippen molar-refractivity contribution in [3.8, 4) is 0 Å². The Morgan fingerprint density at radius 3 is 2.50 bits per heavy atom. The van der Waals surface area contributed by atoms with Gasteiger partial charge in [-0.1, -0.05) is 19.9 Å². The van der Waals surface area contributed by atoms with Crippen LogP contribution in [-0.4, -0.2) is 11.5 Å². The molecule has 0 saturated carbocycles. The van der Waals surface area contributed by atoms with Crippen LogP contribution < -0.4 is 11.3 Å². The van der Waals surface area contributed by atoms with Gasteiger partial charge in [-0.3, -0.25) is 4.79 Å². The van der Waals surface area contributed by atoms with Crippen LogP contribution in [-0.2, 0) is 12.8 Å². The number of aromatic amines is 1. The molecule has 3 nitrogen and oxygen atoms in total. The van der Waals surface area contributed by atoms with Gasteiger partial charge >= 0.3 is 0 Å². The van der Waals surface area contributed by atoms with Gasteiger partial charge in [0.05, 0.1) is 0 Å². The van der Waals surface area contributed by atoms with E-state index in [1.165, 1.54) is 5.56 Å². The van der Waals surface area contributed by atoms with E-state index < -0.39 is 0 Å². The number of benzene rings is 1. The van der Waals surface area contributed by atoms with Gasteiger partial charge in [0.2, 0.25) is 5.56 Å². The second-order valence-corrected chi connectivity index (χ2v) is 5.18. The number of fused-ring (bicyclic) bond motifs is 1. The molecule has 5 heteroatoms. The summed E-state index contributed by atoms with van der Waals surface area (Å²) in [5.74, 6) is 0.535. The minimum Gasteiger partial charge on any atom is -0.330 e. The van der Waals surface area contributed by atoms with Gasteiger partial charge in [-0.2, -0.15) is 0 Å². The summed E-state index contributed by atoms with van der Waals surface area (Å²) >= 11 is 0. The van der Waals surface area contributed by atoms with Gasteiger partial charge in [0.15, 0.2) is 0 Å². The molecule has 0 atom stereocenters. The van der Waals surface area contributed by atoms with Gasteiger partial charge in [-0.15, -0.1) is 24.8 Å². The van der Waals surface area contributed by atoms with E-state index in [4.69, 9.17) is 5.73 Å². The Morgan fingerprint density at radius 1 is 1.20 bits per heavy atom. The molecule has 0 aliphatic rings. The Hall–Kier alpha value is -1.03. The lowest BCUT2D eigenvalue weighted by molar-refractivity contribution is 0.649. The lowest BCUT2D eigenvalue weighted by Crippen LogP contribution is -2.09. The molecule has 1 heterocycles. The van der Waals surface area contributed by atoms with Crippen LogP contribution in [0.5, 0.6) is 0 Å². The molecule has 1 aromatic carbocycles. The highest BCUT2D eigenvalue weighted by atomic mass is 35.5. The van der Waals surface area contributed by atoms with E-state index in [9.17, 15) is 4.79 Å². The normalized spacial score (nSPS) is 10.2. The monoisotopic (exact) mass is 316 g/mol. The molecule has 0 aliphatic carbocycles. The molecule has 3 N–H and O–H groups in total. The average molecular weight is 317 g/mol. The highest BCUT2D eigenvalue weighted by Gasteiger charge is 2.06. The third-order valence-corrected chi connectivity index (χ3v) is 3.05. The Bertz CT molecular complexity index is 608. The fourth-order valence-electron chi connectivity index (χ4n) is 2.30. The summed E-state index contributed by atoms with van der Waals surface area (Å²) in [6.45, 7) is 4.97. The highest BCUT2D eigenvalue weighted by molar-refractivity contribution is 5.85. The molecule has 2 rings (SSSR count). The third-order valence-electron chi connectivity index (χ3n) is 3.05. The van der Waals surface area contributed by atoms with Crippen LogP contribution in [0.15, 0.2) is 29.1 Å². The zero-order valence-corrected chi connectivity index (χ0v) is 13.4. The van der Waals surface area contributed by atoms with Gasteiger partial charge < -0.3 is 10.7 Å². The number of aromatic nitrogens is 1. The van der Waals surface area contributed by atoms with Crippen molar-refractivity contribution in [3.05, 3.63) is 45.7 Å². The Labute approximate surface area is 131 Å². The molecule has 20 heavy (non-hydrogen) atoms. The first-order valence-corrected chi connectivity index (χ1v) is 6.45. The number of rotatable bonds is 4. The van der Waals surface area contributed by atoms with Crippen LogP contribution in [0.25, 0.3) is 10.9 Å². The second-order valence-electron chi connectivity index (χ2n) is 5.18. The van der Waals surface area contributed by atoms with Crippen LogP contribution in [0.2, 0.25) is 0 Å². The van der Waals surface area contributed by atoms with Crippen molar-refractivity contribution in [1.29, 1.82) is 0 Å². The molecule has 0 fully saturated rings. The second kappa shape index (κ2) is 8.30. The SMILES string of the molecule is CC(C)Cc1cc(=O)[nH]c2ccc(CCN)cc12.Cl.Cl. The third kappa shape index (κ3) is 4.51. The van der Waals surface area contributed by atoms with Crippen molar-refractivity contribution >= 4 is 35.7 Å². The fourth-order valence-corrected chi connectivity index (χ4v) is 2.30. The summed E-state index contributed by atoms with van der Waals surface area (Å²) < 4.78 is 0. The molecule has 0 spiro atoms. The number of nitrogens with two attached hydrogens (primary N) is 1. The average Bonchev–Trinajstić information content (AvgIpc) is 2.29. The van der Waals surface area contributed by atoms with Gasteiger partial charge in [0, 0.05) is 17.0 Å². The summed E-state index contributed by atoms with van der Waals surface area (Å²) in [4.78, 5) is 14.5. The van der Waals surface area contributed by atoms with E-state index in [2.05, 4.69) is 24.9 Å². The molecule has 0 radical (unpaired) electrons. The van der Waals surface area contributed by atoms with Crippen LogP contribution >= 0.6 is 24.8 Å². The maximum Gasteiger partial charge on any atom is 0.248 e. The van der Waals surface area contributed by atoms with Crippen molar-refractivity contribution in [2.24, 2.45) is 11.7 Å². The predicted molar refractivity (Wildman–Crippen MR) is 90.4 cm³/mol. The van der Waals surface area contributed by atoms with E-state index in [-0.39, 0.29) is 30.4 Å². The molecule has 112 valence electrons. The standard InChI is InChI=1S/C15H20N2O.2ClH/c1-10(2)7-12-9-15(18)17-14-4-3-11(5-6-16)8-13(12)14;;/h3-4,8-10H,5-7,16H2,1-2H3,(H,17,18);2*1H. The molecule has 0 amide bonds. The summed E-state index contributed by atoms with van der Waals surface area (Å²) in [5, 5.41) is 1.15. The highest BCUT2D eigenvalue weighted by Crippen LogP contribution is 2.20. The van der Waals surface area contributed by atoms with Crippen LogP contribution in [0.1, 0.15) is 25.0 Å². The number of hydrogen-bond donors (Lipinski definition) is 2. The van der Waals surface area contributed by atoms with Gasteiger partial charge in [0.25, 0.3) is 0 Å². The lowest BCUT2D eigenvalue weighted by atomic mass is 9.97. The van der Waals surface area contributed by atoms with Crippen molar-refractivity contribution in [2.75, 3.05) is 6.54 Å². The quantitative estimate of drug-likeness (QED) is 0.910. The fraction of sp³-hybridized carbons (Fsp3) is 0.400. The topological polar surface area (TPSA) is 58.9 Å². The number of nitrogens with one attached hydrogen (secondary N) is 1. The Balaban J connectivity index is 0.00000180. The summed E-state index contributed by atoms with van der Waals surface area (Å²) in [5.41, 5.74) is 8.83. The largest absolute Gasteiger partial charge is 0.330 e. The smallest absolute Gasteiger partial charge is 0.248 e. The Morgan fingerprint density at radius 2 is 1.90 bits per heavy atom. The summed E-state index contributed by atoms with van der Waals surface area (Å²) in [6.07, 6.45) is 1.79. The maximum atomic E-state index is 11.6. The molecule has 0 bridgehead atoms. The van der Waals surface area contributed by atoms with E-state index >= 15 is 0 Å². The molecule has 1 aromatic heterocycles. The number of H-pyrrole nitrogens is 1. The van der Waals surface area contributed by atoms with Gasteiger partial charge in [-0.05, 0) is 48.6 Å². The first kappa shape index (κ1) is 19.0. The van der Waals surface area contributed by atoms with Crippen molar-refractivity contribution in [1.82, 2.24) is 4.98 Å². The van der Waals surface area contributed by atoms with Crippen molar-refractivity contribution in [3.63, 3.8) is 0 Å². The van der Waals surface area contributed by atoms with Crippen LogP contribution in [0.3, 0.4) is 0 Å². The molecule has 0 aliphatic heterocycles. The van der Waals surface area contributed by atoms with E-state index in [1.807, 2.05) is 12.1 Å². The van der Waals surface area contributed by atoms with Crippen LogP contribution in [0.4, 0.5) is 0 Å². The molecule has 0 unspecified atom stereocenters. The zero-order valence-electron chi connectivity index (χ0n) is 11.8. The van der Waals surface area contributed by atoms with E-state index in [1.54, 1.807) is 6.07 Å². The first-order chi connectivity index (χ1) is 8.60. The van der Waals surface area contributed by atoms with E-state index in [0.717, 1.165) is 29.3 Å². The number of halogens is 2. The number of pyridine rings is 1. The minimum absolute atomic E-state index is 0. The molecule has 2 aromatic rings. The molecular formula is C15H22Cl2N2O. The predicted octanol–water partition coefficient (Wildman–Crippen LogP) is 3.07. The maximum absolute atomic E-state index is 11.6. The van der Waals surface area contributed by atoms with Crippen LogP contribution in [0, 0.1) is 5.92 Å². The minimum atomic E-state index is -0.0234. The summed E-state index contributed by atoms with van der Waals surface area (Å²) in [6, 6.07) is 7.88. The molecular weight excluding hydrogens is 295 g/mol. The number of hydrogen-bond acceptors (Lipinski definition) is 2. The zero-order chi connectivity index (χ0) is 13.1. The van der Waals surface area contributed by atoms with Gasteiger partial charge in [0.1, 0.15) is 0 Å². The van der Waals surface area contributed by atoms with Crippen molar-refractivity contribution < 1.29 is 0 Å². The van der Waals surface area contributed by atoms with Gasteiger partial charge in [-0.25, -0.2) is 0 Å².